The van der Waals surface area contributed by atoms with Gasteiger partial charge in [-0.25, -0.2) is 0 Å². The normalized spacial score (nSPS) is 22.7. The predicted octanol–water partition coefficient (Wildman–Crippen LogP) is 3.84. The minimum atomic E-state index is 0. The van der Waals surface area contributed by atoms with Crippen LogP contribution in [0, 0.1) is 11.8 Å². The second-order valence-electron chi connectivity index (χ2n) is 8.25. The summed E-state index contributed by atoms with van der Waals surface area (Å²) in [5, 5.41) is 3.51. The Morgan fingerprint density at radius 1 is 1.10 bits per heavy atom. The van der Waals surface area contributed by atoms with Crippen molar-refractivity contribution < 1.29 is 4.74 Å². The highest BCUT2D eigenvalue weighted by atomic mass is 127. The fraction of sp³-hybridized carbons (Fsp3) is 0.696. The van der Waals surface area contributed by atoms with Crippen molar-refractivity contribution >= 4 is 29.9 Å². The smallest absolute Gasteiger partial charge is 0.193 e. The highest BCUT2D eigenvalue weighted by Gasteiger charge is 2.26. The Hall–Kier alpha value is -0.860. The molecule has 2 atom stereocenters. The minimum absolute atomic E-state index is 0. The minimum Gasteiger partial charge on any atom is -0.376 e. The number of rotatable bonds is 9. The van der Waals surface area contributed by atoms with Crippen LogP contribution < -0.4 is 5.32 Å². The molecular formula is C23H39IN4O. The van der Waals surface area contributed by atoms with Crippen LogP contribution in [0.1, 0.15) is 38.7 Å². The molecule has 0 bridgehead atoms. The van der Waals surface area contributed by atoms with Crippen molar-refractivity contribution in [2.45, 2.75) is 39.7 Å². The molecule has 29 heavy (non-hydrogen) atoms. The molecular weight excluding hydrogens is 475 g/mol. The van der Waals surface area contributed by atoms with Gasteiger partial charge in [0.15, 0.2) is 5.96 Å². The number of benzene rings is 1. The summed E-state index contributed by atoms with van der Waals surface area (Å²) in [5.74, 6) is 2.41. The molecule has 0 amide bonds. The highest BCUT2D eigenvalue weighted by Crippen LogP contribution is 2.19. The standard InChI is InChI=1S/C23H38N4O.HI/c1-3-12-26-13-10-21(16-26)15-25-23(24-4-2)27-14-11-22(17-27)19-28-18-20-8-6-5-7-9-20;/h5-9,21-22H,3-4,10-19H2,1-2H3,(H,24,25);1H. The number of ether oxygens (including phenoxy) is 1. The van der Waals surface area contributed by atoms with Crippen LogP contribution in [0.4, 0.5) is 0 Å². The molecule has 2 fully saturated rings. The zero-order chi connectivity index (χ0) is 19.6. The van der Waals surface area contributed by atoms with Crippen LogP contribution in [-0.2, 0) is 11.3 Å². The summed E-state index contributed by atoms with van der Waals surface area (Å²) in [4.78, 5) is 10.0. The zero-order valence-electron chi connectivity index (χ0n) is 18.2. The summed E-state index contributed by atoms with van der Waals surface area (Å²) in [5.41, 5.74) is 1.25. The van der Waals surface area contributed by atoms with E-state index in [0.717, 1.165) is 38.7 Å². The van der Waals surface area contributed by atoms with Gasteiger partial charge in [0.25, 0.3) is 0 Å². The van der Waals surface area contributed by atoms with E-state index in [0.29, 0.717) is 18.4 Å². The van der Waals surface area contributed by atoms with Gasteiger partial charge in [0.2, 0.25) is 0 Å². The Morgan fingerprint density at radius 3 is 2.66 bits per heavy atom. The van der Waals surface area contributed by atoms with E-state index >= 15 is 0 Å². The molecule has 3 rings (SSSR count). The monoisotopic (exact) mass is 514 g/mol. The second-order valence-corrected chi connectivity index (χ2v) is 8.25. The van der Waals surface area contributed by atoms with Crippen LogP contribution in [0.15, 0.2) is 35.3 Å². The predicted molar refractivity (Wildman–Crippen MR) is 132 cm³/mol. The Kier molecular flexibility index (Phi) is 11.3. The van der Waals surface area contributed by atoms with E-state index in [1.54, 1.807) is 0 Å². The Balaban J connectivity index is 0.00000300. The molecule has 0 aliphatic carbocycles. The third-order valence-electron chi connectivity index (χ3n) is 5.79. The van der Waals surface area contributed by atoms with Crippen molar-refractivity contribution in [2.75, 3.05) is 52.4 Å². The molecule has 2 aliphatic heterocycles. The van der Waals surface area contributed by atoms with Crippen molar-refractivity contribution in [3.63, 3.8) is 0 Å². The number of halogens is 1. The van der Waals surface area contributed by atoms with E-state index in [9.17, 15) is 0 Å². The van der Waals surface area contributed by atoms with Gasteiger partial charge in [-0.15, -0.1) is 24.0 Å². The molecule has 2 saturated heterocycles. The number of aliphatic imine (C=N–C) groups is 1. The van der Waals surface area contributed by atoms with E-state index in [4.69, 9.17) is 9.73 Å². The molecule has 6 heteroatoms. The Morgan fingerprint density at radius 2 is 1.90 bits per heavy atom. The third-order valence-corrected chi connectivity index (χ3v) is 5.79. The van der Waals surface area contributed by atoms with Gasteiger partial charge in [-0.1, -0.05) is 37.3 Å². The number of nitrogens with one attached hydrogen (secondary N) is 1. The quantitative estimate of drug-likeness (QED) is 0.309. The lowest BCUT2D eigenvalue weighted by molar-refractivity contribution is 0.0906. The molecule has 164 valence electrons. The van der Waals surface area contributed by atoms with Crippen LogP contribution in [0.2, 0.25) is 0 Å². The number of likely N-dealkylation sites (tertiary alicyclic amines) is 2. The molecule has 2 unspecified atom stereocenters. The van der Waals surface area contributed by atoms with Gasteiger partial charge in [-0.3, -0.25) is 4.99 Å². The van der Waals surface area contributed by atoms with Gasteiger partial charge < -0.3 is 19.9 Å². The van der Waals surface area contributed by atoms with Crippen LogP contribution >= 0.6 is 24.0 Å². The summed E-state index contributed by atoms with van der Waals surface area (Å²) >= 11 is 0. The van der Waals surface area contributed by atoms with Crippen molar-refractivity contribution in [3.8, 4) is 0 Å². The third kappa shape index (κ3) is 8.06. The van der Waals surface area contributed by atoms with Gasteiger partial charge in [-0.05, 0) is 50.8 Å². The topological polar surface area (TPSA) is 40.1 Å². The number of hydrogen-bond donors (Lipinski definition) is 1. The average molecular weight is 514 g/mol. The van der Waals surface area contributed by atoms with E-state index in [1.807, 2.05) is 6.07 Å². The van der Waals surface area contributed by atoms with Gasteiger partial charge in [0.05, 0.1) is 13.2 Å². The molecule has 2 heterocycles. The molecule has 0 aromatic heterocycles. The van der Waals surface area contributed by atoms with Gasteiger partial charge in [0.1, 0.15) is 0 Å². The van der Waals surface area contributed by atoms with Crippen molar-refractivity contribution in [2.24, 2.45) is 16.8 Å². The Labute approximate surface area is 194 Å². The summed E-state index contributed by atoms with van der Waals surface area (Å²) in [7, 11) is 0. The van der Waals surface area contributed by atoms with E-state index in [2.05, 4.69) is 53.2 Å². The first-order chi connectivity index (χ1) is 13.8. The Bertz CT molecular complexity index is 598. The van der Waals surface area contributed by atoms with Gasteiger partial charge in [-0.2, -0.15) is 0 Å². The van der Waals surface area contributed by atoms with E-state index < -0.39 is 0 Å². The molecule has 1 aromatic rings. The SMILES string of the molecule is CCCN1CCC(CN=C(NCC)N2CCC(COCc3ccccc3)C2)C1.I. The second kappa shape index (κ2) is 13.4. The highest BCUT2D eigenvalue weighted by molar-refractivity contribution is 14.0. The maximum atomic E-state index is 5.98. The van der Waals surface area contributed by atoms with E-state index in [-0.39, 0.29) is 24.0 Å². The summed E-state index contributed by atoms with van der Waals surface area (Å²) in [6, 6.07) is 10.4. The van der Waals surface area contributed by atoms with Crippen LogP contribution in [0.5, 0.6) is 0 Å². The lowest BCUT2D eigenvalue weighted by atomic mass is 10.1. The average Bonchev–Trinajstić information content (AvgIpc) is 3.36. The number of guanidine groups is 1. The van der Waals surface area contributed by atoms with Crippen LogP contribution in [0.3, 0.4) is 0 Å². The number of nitrogens with zero attached hydrogens (tertiary/aromatic N) is 3. The molecule has 1 aromatic carbocycles. The fourth-order valence-corrected chi connectivity index (χ4v) is 4.30. The zero-order valence-corrected chi connectivity index (χ0v) is 20.5. The van der Waals surface area contributed by atoms with Gasteiger partial charge in [0, 0.05) is 38.6 Å². The largest absolute Gasteiger partial charge is 0.376 e. The molecule has 0 saturated carbocycles. The van der Waals surface area contributed by atoms with Crippen LogP contribution in [0.25, 0.3) is 0 Å². The maximum absolute atomic E-state index is 5.98. The van der Waals surface area contributed by atoms with E-state index in [1.165, 1.54) is 44.5 Å². The van der Waals surface area contributed by atoms with Gasteiger partial charge >= 0.3 is 0 Å². The molecule has 1 N–H and O–H groups in total. The maximum Gasteiger partial charge on any atom is 0.193 e. The summed E-state index contributed by atoms with van der Waals surface area (Å²) < 4.78 is 5.98. The molecule has 0 spiro atoms. The molecule has 2 aliphatic rings. The lowest BCUT2D eigenvalue weighted by Crippen LogP contribution is -2.40. The molecule has 0 radical (unpaired) electrons. The van der Waals surface area contributed by atoms with Crippen molar-refractivity contribution in [1.82, 2.24) is 15.1 Å². The lowest BCUT2D eigenvalue weighted by Gasteiger charge is -2.22. The first kappa shape index (κ1) is 24.4. The summed E-state index contributed by atoms with van der Waals surface area (Å²) in [6.45, 7) is 13.7. The molecule has 5 nitrogen and oxygen atoms in total. The fourth-order valence-electron chi connectivity index (χ4n) is 4.30. The number of hydrogen-bond acceptors (Lipinski definition) is 3. The van der Waals surface area contributed by atoms with Crippen molar-refractivity contribution in [3.05, 3.63) is 35.9 Å². The summed E-state index contributed by atoms with van der Waals surface area (Å²) in [6.07, 6.45) is 3.73. The first-order valence-electron chi connectivity index (χ1n) is 11.2. The van der Waals surface area contributed by atoms with Crippen LogP contribution in [-0.4, -0.2) is 68.2 Å². The first-order valence-corrected chi connectivity index (χ1v) is 11.2. The van der Waals surface area contributed by atoms with Crippen molar-refractivity contribution in [1.29, 1.82) is 0 Å².